The predicted molar refractivity (Wildman–Crippen MR) is 97.2 cm³/mol. The molecule has 0 saturated heterocycles. The molecule has 1 amide bonds. The van der Waals surface area contributed by atoms with Crippen LogP contribution in [0.25, 0.3) is 10.6 Å². The minimum Gasteiger partial charge on any atom is -0.286 e. The van der Waals surface area contributed by atoms with Crippen molar-refractivity contribution in [3.63, 3.8) is 0 Å². The van der Waals surface area contributed by atoms with Crippen LogP contribution in [0.15, 0.2) is 53.0 Å². The molecule has 2 aromatic carbocycles. The van der Waals surface area contributed by atoms with Crippen molar-refractivity contribution >= 4 is 49.9 Å². The Morgan fingerprint density at radius 2 is 1.74 bits per heavy atom. The van der Waals surface area contributed by atoms with E-state index in [4.69, 9.17) is 11.6 Å². The Morgan fingerprint density at radius 1 is 1.09 bits per heavy atom. The van der Waals surface area contributed by atoms with E-state index in [0.717, 1.165) is 15.0 Å². The molecule has 1 heterocycles. The lowest BCUT2D eigenvalue weighted by Gasteiger charge is -2.12. The average Bonchev–Trinajstić information content (AvgIpc) is 3.05. The summed E-state index contributed by atoms with van der Waals surface area (Å²) in [4.78, 5) is 14.0. The van der Waals surface area contributed by atoms with Crippen LogP contribution >= 0.6 is 38.9 Å². The van der Waals surface area contributed by atoms with Crippen LogP contribution in [0.4, 0.5) is 5.13 Å². The van der Waals surface area contributed by atoms with Crippen molar-refractivity contribution in [2.24, 2.45) is 0 Å². The molecule has 4 nitrogen and oxygen atoms in total. The van der Waals surface area contributed by atoms with Gasteiger partial charge in [-0.25, -0.2) is 0 Å². The second kappa shape index (κ2) is 6.78. The molecule has 0 aliphatic carbocycles. The highest BCUT2D eigenvalue weighted by Crippen LogP contribution is 2.29. The van der Waals surface area contributed by atoms with E-state index < -0.39 is 0 Å². The topological polar surface area (TPSA) is 46.1 Å². The van der Waals surface area contributed by atoms with Crippen LogP contribution in [0.3, 0.4) is 0 Å². The maximum absolute atomic E-state index is 12.5. The number of hydrogen-bond acceptors (Lipinski definition) is 4. The quantitative estimate of drug-likeness (QED) is 0.619. The van der Waals surface area contributed by atoms with Crippen molar-refractivity contribution in [2.45, 2.75) is 0 Å². The third kappa shape index (κ3) is 3.60. The Kier molecular flexibility index (Phi) is 4.75. The number of carbonyl (C=O) groups is 1. The number of halogens is 2. The number of benzene rings is 2. The monoisotopic (exact) mass is 407 g/mol. The molecule has 23 heavy (non-hydrogen) atoms. The van der Waals surface area contributed by atoms with Crippen molar-refractivity contribution in [2.75, 3.05) is 11.9 Å². The van der Waals surface area contributed by atoms with Gasteiger partial charge in [0.2, 0.25) is 5.13 Å². The number of anilines is 1. The fourth-order valence-electron chi connectivity index (χ4n) is 1.93. The summed E-state index contributed by atoms with van der Waals surface area (Å²) >= 11 is 10.6. The van der Waals surface area contributed by atoms with Crippen molar-refractivity contribution in [3.05, 3.63) is 63.6 Å². The first kappa shape index (κ1) is 16.1. The first-order valence-corrected chi connectivity index (χ1v) is 8.66. The third-order valence-corrected chi connectivity index (χ3v) is 5.02. The van der Waals surface area contributed by atoms with E-state index in [2.05, 4.69) is 26.1 Å². The Morgan fingerprint density at radius 3 is 2.39 bits per heavy atom. The number of amides is 1. The van der Waals surface area contributed by atoms with Gasteiger partial charge >= 0.3 is 0 Å². The van der Waals surface area contributed by atoms with E-state index in [0.29, 0.717) is 15.7 Å². The first-order chi connectivity index (χ1) is 11.0. The highest BCUT2D eigenvalue weighted by molar-refractivity contribution is 9.10. The molecule has 0 fully saturated rings. The summed E-state index contributed by atoms with van der Waals surface area (Å²) in [5.41, 5.74) is 1.52. The SMILES string of the molecule is CN(C(=O)c1ccc(Cl)cc1)c1nnc(-c2ccc(Br)cc2)s1. The maximum atomic E-state index is 12.5. The van der Waals surface area contributed by atoms with Crippen LogP contribution in [0.2, 0.25) is 5.02 Å². The fourth-order valence-corrected chi connectivity index (χ4v) is 3.13. The summed E-state index contributed by atoms with van der Waals surface area (Å²) in [7, 11) is 1.68. The third-order valence-electron chi connectivity index (χ3n) is 3.19. The number of rotatable bonds is 3. The minimum absolute atomic E-state index is 0.153. The van der Waals surface area contributed by atoms with E-state index in [-0.39, 0.29) is 5.91 Å². The second-order valence-electron chi connectivity index (χ2n) is 4.77. The molecule has 3 rings (SSSR count). The van der Waals surface area contributed by atoms with Gasteiger partial charge < -0.3 is 0 Å². The van der Waals surface area contributed by atoms with E-state index >= 15 is 0 Å². The van der Waals surface area contributed by atoms with Gasteiger partial charge in [-0.2, -0.15) is 0 Å². The Hall–Kier alpha value is -1.76. The first-order valence-electron chi connectivity index (χ1n) is 6.67. The summed E-state index contributed by atoms with van der Waals surface area (Å²) in [5.74, 6) is -0.153. The molecule has 0 saturated carbocycles. The van der Waals surface area contributed by atoms with Crippen LogP contribution in [0.5, 0.6) is 0 Å². The normalized spacial score (nSPS) is 10.6. The number of nitrogens with zero attached hydrogens (tertiary/aromatic N) is 3. The zero-order valence-corrected chi connectivity index (χ0v) is 15.2. The van der Waals surface area contributed by atoms with Crippen molar-refractivity contribution in [1.29, 1.82) is 0 Å². The maximum Gasteiger partial charge on any atom is 0.259 e. The standard InChI is InChI=1S/C16H11BrClN3OS/c1-21(15(22)11-4-8-13(18)9-5-11)16-20-19-14(23-16)10-2-6-12(17)7-3-10/h2-9H,1H3. The number of hydrogen-bond donors (Lipinski definition) is 0. The van der Waals surface area contributed by atoms with Crippen molar-refractivity contribution < 1.29 is 4.79 Å². The molecule has 0 atom stereocenters. The summed E-state index contributed by atoms with van der Waals surface area (Å²) in [6, 6.07) is 14.6. The molecule has 7 heteroatoms. The van der Waals surface area contributed by atoms with Gasteiger partial charge in [-0.3, -0.25) is 9.69 Å². The van der Waals surface area contributed by atoms with Crippen LogP contribution < -0.4 is 4.90 Å². The molecule has 0 radical (unpaired) electrons. The predicted octanol–water partition coefficient (Wildman–Crippen LogP) is 4.90. The lowest BCUT2D eigenvalue weighted by Crippen LogP contribution is -2.26. The molecule has 0 aliphatic heterocycles. The molecule has 3 aromatic rings. The molecule has 0 spiro atoms. The van der Waals surface area contributed by atoms with Crippen LogP contribution in [-0.4, -0.2) is 23.2 Å². The van der Waals surface area contributed by atoms with Crippen molar-refractivity contribution in [1.82, 2.24) is 10.2 Å². The molecule has 116 valence electrons. The average molecular weight is 409 g/mol. The highest BCUT2D eigenvalue weighted by atomic mass is 79.9. The zero-order chi connectivity index (χ0) is 16.4. The molecular weight excluding hydrogens is 398 g/mol. The molecule has 0 unspecified atom stereocenters. The molecule has 1 aromatic heterocycles. The van der Waals surface area contributed by atoms with E-state index in [1.54, 1.807) is 31.3 Å². The molecule has 0 aliphatic rings. The van der Waals surface area contributed by atoms with Crippen molar-refractivity contribution in [3.8, 4) is 10.6 Å². The molecule has 0 N–H and O–H groups in total. The highest BCUT2D eigenvalue weighted by Gasteiger charge is 2.18. The lowest BCUT2D eigenvalue weighted by molar-refractivity contribution is 0.0993. The Bertz CT molecular complexity index is 833. The Labute approximate surface area is 150 Å². The summed E-state index contributed by atoms with van der Waals surface area (Å²) in [6.07, 6.45) is 0. The van der Waals surface area contributed by atoms with Gasteiger partial charge in [0.15, 0.2) is 0 Å². The van der Waals surface area contributed by atoms with Gasteiger partial charge in [0.05, 0.1) is 0 Å². The van der Waals surface area contributed by atoms with Gasteiger partial charge in [0.1, 0.15) is 5.01 Å². The number of carbonyl (C=O) groups excluding carboxylic acids is 1. The van der Waals surface area contributed by atoms with Crippen LogP contribution in [-0.2, 0) is 0 Å². The fraction of sp³-hybridized carbons (Fsp3) is 0.0625. The van der Waals surface area contributed by atoms with Gasteiger partial charge in [-0.15, -0.1) is 10.2 Å². The smallest absolute Gasteiger partial charge is 0.259 e. The lowest BCUT2D eigenvalue weighted by atomic mass is 10.2. The summed E-state index contributed by atoms with van der Waals surface area (Å²) in [6.45, 7) is 0. The van der Waals surface area contributed by atoms with E-state index in [1.807, 2.05) is 24.3 Å². The van der Waals surface area contributed by atoms with Gasteiger partial charge in [0, 0.05) is 27.7 Å². The van der Waals surface area contributed by atoms with E-state index in [1.165, 1.54) is 16.2 Å². The largest absolute Gasteiger partial charge is 0.286 e. The zero-order valence-electron chi connectivity index (χ0n) is 12.0. The summed E-state index contributed by atoms with van der Waals surface area (Å²) < 4.78 is 1.00. The van der Waals surface area contributed by atoms with Crippen LogP contribution in [0, 0.1) is 0 Å². The number of aromatic nitrogens is 2. The van der Waals surface area contributed by atoms with Gasteiger partial charge in [-0.1, -0.05) is 51.0 Å². The van der Waals surface area contributed by atoms with Gasteiger partial charge in [-0.05, 0) is 36.4 Å². The van der Waals surface area contributed by atoms with Crippen LogP contribution in [0.1, 0.15) is 10.4 Å². The molecular formula is C16H11BrClN3OS. The minimum atomic E-state index is -0.153. The second-order valence-corrected chi connectivity index (χ2v) is 7.08. The Balaban J connectivity index is 1.83. The summed E-state index contributed by atoms with van der Waals surface area (Å²) in [5, 5.41) is 10.2. The van der Waals surface area contributed by atoms with Gasteiger partial charge in [0.25, 0.3) is 5.91 Å². The molecule has 0 bridgehead atoms. The van der Waals surface area contributed by atoms with E-state index in [9.17, 15) is 4.79 Å².